The van der Waals surface area contributed by atoms with E-state index in [1.54, 1.807) is 17.9 Å². The first-order valence-corrected chi connectivity index (χ1v) is 11.5. The summed E-state index contributed by atoms with van der Waals surface area (Å²) in [6.07, 6.45) is 9.79. The molecule has 4 aromatic rings. The van der Waals surface area contributed by atoms with Crippen molar-refractivity contribution in [2.75, 3.05) is 19.0 Å². The first-order chi connectivity index (χ1) is 15.9. The van der Waals surface area contributed by atoms with E-state index in [0.717, 1.165) is 59.0 Å². The Hall–Kier alpha value is -3.17. The third kappa shape index (κ3) is 4.02. The molecule has 0 bridgehead atoms. The number of nitrogens with two attached hydrogens (primary N) is 1. The van der Waals surface area contributed by atoms with Crippen molar-refractivity contribution >= 4 is 45.4 Å². The third-order valence-electron chi connectivity index (χ3n) is 6.51. The summed E-state index contributed by atoms with van der Waals surface area (Å²) in [6.45, 7) is 0.137. The highest BCUT2D eigenvalue weighted by molar-refractivity contribution is 6.38. The molecule has 33 heavy (non-hydrogen) atoms. The van der Waals surface area contributed by atoms with Crippen molar-refractivity contribution in [3.63, 3.8) is 0 Å². The van der Waals surface area contributed by atoms with E-state index in [4.69, 9.17) is 27.3 Å². The number of carbonyl (C=O) groups excluding carboxylic acids is 1. The average Bonchev–Trinajstić information content (AvgIpc) is 3.42. The summed E-state index contributed by atoms with van der Waals surface area (Å²) in [5.41, 5.74) is 10.1. The molecule has 1 amide bonds. The van der Waals surface area contributed by atoms with Crippen LogP contribution >= 0.6 is 11.6 Å². The standard InChI is InChI=1S/C23H27ClN8O/c1-26-20(33)12-32-11-17-18(30-32)7-6-15(21(17)24)16-9-28-23-22(16)27-10-19(29-23)31(2)14-5-3-4-13(25)8-14/h6-7,9-11,13-14H,3-5,8,12,25H2,1-2H3,(H,26,33)(H,28,29)/t13-,14-/m1/s1. The second kappa shape index (κ2) is 8.64. The van der Waals surface area contributed by atoms with Gasteiger partial charge in [0.15, 0.2) is 5.65 Å². The monoisotopic (exact) mass is 466 g/mol. The van der Waals surface area contributed by atoms with Crippen molar-refractivity contribution in [2.24, 2.45) is 5.73 Å². The van der Waals surface area contributed by atoms with Crippen LogP contribution in [0.1, 0.15) is 25.7 Å². The SMILES string of the molecule is CNC(=O)Cn1cc2c(Cl)c(-c3c[nH]c4nc(N(C)[C@@H]5CCC[C@@H](N)C5)cnc34)ccc2n1. The molecule has 3 aromatic heterocycles. The molecule has 0 aliphatic heterocycles. The quantitative estimate of drug-likeness (QED) is 0.416. The van der Waals surface area contributed by atoms with Crippen LogP contribution < -0.4 is 16.0 Å². The number of H-pyrrole nitrogens is 1. The average molecular weight is 467 g/mol. The normalized spacial score (nSPS) is 18.7. The lowest BCUT2D eigenvalue weighted by Crippen LogP contribution is -2.41. The minimum Gasteiger partial charge on any atom is -0.358 e. The Balaban J connectivity index is 1.47. The summed E-state index contributed by atoms with van der Waals surface area (Å²) in [6, 6.07) is 4.45. The lowest BCUT2D eigenvalue weighted by Gasteiger charge is -2.34. The molecular formula is C23H27ClN8O. The number of fused-ring (bicyclic) bond motifs is 2. The predicted molar refractivity (Wildman–Crippen MR) is 130 cm³/mol. The largest absolute Gasteiger partial charge is 0.358 e. The van der Waals surface area contributed by atoms with Crippen LogP contribution in [0.5, 0.6) is 0 Å². The number of likely N-dealkylation sites (N-methyl/N-ethyl adjacent to an activating group) is 1. The third-order valence-corrected chi connectivity index (χ3v) is 6.92. The Morgan fingerprint density at radius 2 is 2.21 bits per heavy atom. The van der Waals surface area contributed by atoms with Crippen LogP contribution in [0.15, 0.2) is 30.7 Å². The highest BCUT2D eigenvalue weighted by Gasteiger charge is 2.24. The van der Waals surface area contributed by atoms with E-state index in [0.29, 0.717) is 16.7 Å². The zero-order valence-electron chi connectivity index (χ0n) is 18.7. The Kier molecular flexibility index (Phi) is 5.67. The number of aromatic nitrogens is 5. The van der Waals surface area contributed by atoms with Gasteiger partial charge in [0.05, 0.1) is 16.7 Å². The highest BCUT2D eigenvalue weighted by atomic mass is 35.5. The number of halogens is 1. The minimum atomic E-state index is -0.123. The van der Waals surface area contributed by atoms with Gasteiger partial charge in [-0.05, 0) is 31.7 Å². The van der Waals surface area contributed by atoms with Gasteiger partial charge in [0.25, 0.3) is 0 Å². The van der Waals surface area contributed by atoms with E-state index in [1.165, 1.54) is 0 Å². The number of rotatable bonds is 5. The van der Waals surface area contributed by atoms with E-state index in [2.05, 4.69) is 27.3 Å². The maximum absolute atomic E-state index is 11.7. The van der Waals surface area contributed by atoms with Gasteiger partial charge in [0.1, 0.15) is 17.9 Å². The Labute approximate surface area is 196 Å². The number of nitrogens with zero attached hydrogens (tertiary/aromatic N) is 5. The molecule has 1 aromatic carbocycles. The smallest absolute Gasteiger partial charge is 0.241 e. The molecule has 9 nitrogen and oxygen atoms in total. The summed E-state index contributed by atoms with van der Waals surface area (Å²) < 4.78 is 1.59. The summed E-state index contributed by atoms with van der Waals surface area (Å²) in [4.78, 5) is 26.7. The first kappa shape index (κ1) is 21.7. The van der Waals surface area contributed by atoms with Gasteiger partial charge in [0, 0.05) is 55.1 Å². The van der Waals surface area contributed by atoms with Crippen LogP contribution in [-0.4, -0.2) is 56.8 Å². The number of nitrogens with one attached hydrogen (secondary N) is 2. The molecule has 10 heteroatoms. The molecule has 0 saturated heterocycles. The highest BCUT2D eigenvalue weighted by Crippen LogP contribution is 2.37. The second-order valence-electron chi connectivity index (χ2n) is 8.68. The van der Waals surface area contributed by atoms with E-state index in [9.17, 15) is 4.79 Å². The van der Waals surface area contributed by atoms with Crippen LogP contribution in [0.3, 0.4) is 0 Å². The van der Waals surface area contributed by atoms with Gasteiger partial charge in [-0.3, -0.25) is 9.48 Å². The Bertz CT molecular complexity index is 1330. The van der Waals surface area contributed by atoms with Gasteiger partial charge in [-0.2, -0.15) is 5.10 Å². The molecule has 0 spiro atoms. The number of hydrogen-bond acceptors (Lipinski definition) is 6. The lowest BCUT2D eigenvalue weighted by molar-refractivity contribution is -0.121. The molecule has 4 N–H and O–H groups in total. The minimum absolute atomic E-state index is 0.123. The van der Waals surface area contributed by atoms with Crippen molar-refractivity contribution in [1.82, 2.24) is 30.0 Å². The number of amides is 1. The molecule has 172 valence electrons. The summed E-state index contributed by atoms with van der Waals surface area (Å²) in [7, 11) is 3.66. The Morgan fingerprint density at radius 3 is 3.00 bits per heavy atom. The molecular weight excluding hydrogens is 440 g/mol. The molecule has 5 rings (SSSR count). The fourth-order valence-electron chi connectivity index (χ4n) is 4.63. The number of aromatic amines is 1. The van der Waals surface area contributed by atoms with Gasteiger partial charge in [-0.25, -0.2) is 9.97 Å². The van der Waals surface area contributed by atoms with Crippen LogP contribution in [0, 0.1) is 0 Å². The maximum Gasteiger partial charge on any atom is 0.241 e. The zero-order chi connectivity index (χ0) is 23.1. The van der Waals surface area contributed by atoms with Gasteiger partial charge >= 0.3 is 0 Å². The zero-order valence-corrected chi connectivity index (χ0v) is 19.4. The van der Waals surface area contributed by atoms with Gasteiger partial charge in [0.2, 0.25) is 5.91 Å². The van der Waals surface area contributed by atoms with Crippen molar-refractivity contribution in [3.8, 4) is 11.1 Å². The van der Waals surface area contributed by atoms with Crippen molar-refractivity contribution < 1.29 is 4.79 Å². The summed E-state index contributed by atoms with van der Waals surface area (Å²) in [5.74, 6) is 0.703. The molecule has 1 saturated carbocycles. The van der Waals surface area contributed by atoms with E-state index in [1.807, 2.05) is 24.5 Å². The molecule has 1 fully saturated rings. The number of anilines is 1. The lowest BCUT2D eigenvalue weighted by atomic mass is 9.91. The first-order valence-electron chi connectivity index (χ1n) is 11.1. The topological polar surface area (TPSA) is 118 Å². The fraction of sp³-hybridized carbons (Fsp3) is 0.391. The number of benzene rings is 1. The molecule has 3 heterocycles. The molecule has 1 aliphatic rings. The summed E-state index contributed by atoms with van der Waals surface area (Å²) >= 11 is 6.78. The van der Waals surface area contributed by atoms with Crippen LogP contribution in [0.25, 0.3) is 33.2 Å². The van der Waals surface area contributed by atoms with Gasteiger partial charge in [-0.15, -0.1) is 0 Å². The van der Waals surface area contributed by atoms with Crippen molar-refractivity contribution in [2.45, 2.75) is 44.3 Å². The van der Waals surface area contributed by atoms with Gasteiger partial charge < -0.3 is 20.9 Å². The molecule has 0 unspecified atom stereocenters. The van der Waals surface area contributed by atoms with Crippen molar-refractivity contribution in [3.05, 3.63) is 35.7 Å². The molecule has 2 atom stereocenters. The van der Waals surface area contributed by atoms with Crippen LogP contribution in [0.4, 0.5) is 5.82 Å². The van der Waals surface area contributed by atoms with Crippen LogP contribution in [-0.2, 0) is 11.3 Å². The summed E-state index contributed by atoms with van der Waals surface area (Å²) in [5, 5.41) is 8.40. The van der Waals surface area contributed by atoms with Gasteiger partial charge in [-0.1, -0.05) is 17.7 Å². The number of hydrogen-bond donors (Lipinski definition) is 3. The predicted octanol–water partition coefficient (Wildman–Crippen LogP) is 3.08. The van der Waals surface area contributed by atoms with E-state index >= 15 is 0 Å². The second-order valence-corrected chi connectivity index (χ2v) is 9.06. The van der Waals surface area contributed by atoms with E-state index in [-0.39, 0.29) is 18.5 Å². The number of carbonyl (C=O) groups is 1. The molecule has 0 radical (unpaired) electrons. The van der Waals surface area contributed by atoms with E-state index < -0.39 is 0 Å². The van der Waals surface area contributed by atoms with Crippen LogP contribution in [0.2, 0.25) is 5.02 Å². The van der Waals surface area contributed by atoms with Crippen molar-refractivity contribution in [1.29, 1.82) is 0 Å². The fourth-order valence-corrected chi connectivity index (χ4v) is 4.94. The maximum atomic E-state index is 11.7. The Morgan fingerprint density at radius 1 is 1.36 bits per heavy atom. The molecule has 1 aliphatic carbocycles.